The number of nitrogens with one attached hydrogen (secondary N) is 1. The summed E-state index contributed by atoms with van der Waals surface area (Å²) in [6, 6.07) is 12.7. The van der Waals surface area contributed by atoms with Gasteiger partial charge in [0.1, 0.15) is 6.61 Å². The van der Waals surface area contributed by atoms with Gasteiger partial charge in [-0.1, -0.05) is 19.1 Å². The summed E-state index contributed by atoms with van der Waals surface area (Å²) in [5.41, 5.74) is 3.24. The Kier molecular flexibility index (Phi) is 6.14. The van der Waals surface area contributed by atoms with Crippen LogP contribution in [0.4, 0.5) is 0 Å². The molecular formula is C20H22N2O5. The molecule has 1 heterocycles. The minimum absolute atomic E-state index is 0.135. The highest BCUT2D eigenvalue weighted by molar-refractivity contribution is 5.85. The van der Waals surface area contributed by atoms with Crippen molar-refractivity contribution < 1.29 is 23.7 Å². The summed E-state index contributed by atoms with van der Waals surface area (Å²) in [5, 5.41) is 3.98. The van der Waals surface area contributed by atoms with Crippen molar-refractivity contribution in [2.75, 3.05) is 20.3 Å². The van der Waals surface area contributed by atoms with Crippen LogP contribution in [-0.2, 0) is 4.79 Å². The number of fused-ring (bicyclic) bond motifs is 1. The zero-order valence-electron chi connectivity index (χ0n) is 15.3. The fourth-order valence-electron chi connectivity index (χ4n) is 2.49. The lowest BCUT2D eigenvalue weighted by Gasteiger charge is -2.24. The van der Waals surface area contributed by atoms with Crippen LogP contribution in [0.2, 0.25) is 0 Å². The molecule has 0 spiro atoms. The van der Waals surface area contributed by atoms with Gasteiger partial charge in [0.25, 0.3) is 5.91 Å². The maximum atomic E-state index is 12.2. The second-order valence-corrected chi connectivity index (χ2v) is 5.86. The predicted molar refractivity (Wildman–Crippen MR) is 101 cm³/mol. The lowest BCUT2D eigenvalue weighted by molar-refractivity contribution is -0.130. The van der Waals surface area contributed by atoms with Crippen molar-refractivity contribution in [1.82, 2.24) is 5.43 Å². The van der Waals surface area contributed by atoms with E-state index >= 15 is 0 Å². The fourth-order valence-corrected chi connectivity index (χ4v) is 2.49. The van der Waals surface area contributed by atoms with E-state index in [1.54, 1.807) is 25.3 Å². The average molecular weight is 370 g/mol. The first-order valence-corrected chi connectivity index (χ1v) is 8.73. The first kappa shape index (κ1) is 18.6. The highest BCUT2D eigenvalue weighted by Crippen LogP contribution is 2.31. The van der Waals surface area contributed by atoms with E-state index in [0.717, 1.165) is 12.0 Å². The summed E-state index contributed by atoms with van der Waals surface area (Å²) in [6.45, 7) is 2.79. The maximum absolute atomic E-state index is 12.2. The van der Waals surface area contributed by atoms with Gasteiger partial charge in [-0.05, 0) is 42.3 Å². The van der Waals surface area contributed by atoms with Crippen LogP contribution in [-0.4, -0.2) is 38.5 Å². The smallest absolute Gasteiger partial charge is 0.284 e. The number of hydrogen-bond donors (Lipinski definition) is 1. The second-order valence-electron chi connectivity index (χ2n) is 5.86. The first-order chi connectivity index (χ1) is 13.2. The van der Waals surface area contributed by atoms with Gasteiger partial charge in [-0.15, -0.1) is 0 Å². The van der Waals surface area contributed by atoms with Gasteiger partial charge in [-0.3, -0.25) is 4.79 Å². The zero-order valence-corrected chi connectivity index (χ0v) is 15.3. The fraction of sp³-hybridized carbons (Fsp3) is 0.300. The van der Waals surface area contributed by atoms with E-state index in [4.69, 9.17) is 18.9 Å². The number of para-hydroxylation sites is 2. The molecule has 0 radical (unpaired) electrons. The number of hydrazone groups is 1. The van der Waals surface area contributed by atoms with Crippen molar-refractivity contribution in [3.8, 4) is 23.0 Å². The molecule has 2 aromatic rings. The molecule has 2 aromatic carbocycles. The van der Waals surface area contributed by atoms with Crippen molar-refractivity contribution in [2.24, 2.45) is 5.10 Å². The number of nitrogens with zero attached hydrogens (tertiary/aromatic N) is 1. The number of ether oxygens (including phenoxy) is 4. The third kappa shape index (κ3) is 4.69. The summed E-state index contributed by atoms with van der Waals surface area (Å²) >= 11 is 0. The molecule has 1 aliphatic heterocycles. The molecule has 1 amide bonds. The monoisotopic (exact) mass is 370 g/mol. The van der Waals surface area contributed by atoms with Crippen LogP contribution in [0.5, 0.6) is 23.0 Å². The predicted octanol–water partition coefficient (Wildman–Crippen LogP) is 2.77. The van der Waals surface area contributed by atoms with Gasteiger partial charge in [-0.2, -0.15) is 5.10 Å². The minimum Gasteiger partial charge on any atom is -0.493 e. The Morgan fingerprint density at radius 2 is 2.07 bits per heavy atom. The largest absolute Gasteiger partial charge is 0.493 e. The van der Waals surface area contributed by atoms with Crippen molar-refractivity contribution in [3.63, 3.8) is 0 Å². The minimum atomic E-state index is -0.753. The molecule has 0 aliphatic carbocycles. The molecule has 0 fully saturated rings. The Bertz CT molecular complexity index is 822. The molecule has 3 rings (SSSR count). The highest BCUT2D eigenvalue weighted by Gasteiger charge is 2.26. The Hall–Kier alpha value is -3.22. The van der Waals surface area contributed by atoms with Gasteiger partial charge in [-0.25, -0.2) is 5.43 Å². The molecule has 7 nitrogen and oxygen atoms in total. The number of benzene rings is 2. The summed E-state index contributed by atoms with van der Waals surface area (Å²) < 4.78 is 22.1. The van der Waals surface area contributed by atoms with E-state index in [0.29, 0.717) is 29.6 Å². The highest BCUT2D eigenvalue weighted by atomic mass is 16.6. The Morgan fingerprint density at radius 1 is 1.26 bits per heavy atom. The number of carbonyl (C=O) groups is 1. The molecule has 1 N–H and O–H groups in total. The van der Waals surface area contributed by atoms with Gasteiger partial charge >= 0.3 is 0 Å². The molecule has 142 valence electrons. The van der Waals surface area contributed by atoms with Gasteiger partial charge in [0, 0.05) is 0 Å². The second kappa shape index (κ2) is 8.93. The Morgan fingerprint density at radius 3 is 2.85 bits per heavy atom. The Balaban J connectivity index is 1.58. The van der Waals surface area contributed by atoms with Gasteiger partial charge < -0.3 is 18.9 Å². The Labute approximate surface area is 157 Å². The normalized spacial score (nSPS) is 15.4. The summed E-state index contributed by atoms with van der Waals surface area (Å²) in [4.78, 5) is 12.2. The number of carbonyl (C=O) groups excluding carboxylic acids is 1. The van der Waals surface area contributed by atoms with E-state index in [9.17, 15) is 4.79 Å². The van der Waals surface area contributed by atoms with E-state index in [-0.39, 0.29) is 12.5 Å². The van der Waals surface area contributed by atoms with Gasteiger partial charge in [0.15, 0.2) is 23.0 Å². The first-order valence-electron chi connectivity index (χ1n) is 8.73. The van der Waals surface area contributed by atoms with E-state index in [1.165, 1.54) is 6.21 Å². The SMILES string of the molecule is CCCOc1ccc(/C=N\NC(=O)[C@H]2COc3ccccc3O2)cc1OC. The topological polar surface area (TPSA) is 78.4 Å². The van der Waals surface area contributed by atoms with Gasteiger partial charge in [0.05, 0.1) is 19.9 Å². The van der Waals surface area contributed by atoms with Crippen molar-refractivity contribution in [3.05, 3.63) is 48.0 Å². The molecule has 0 unspecified atom stereocenters. The summed E-state index contributed by atoms with van der Waals surface area (Å²) in [5.74, 6) is 2.07. The molecule has 1 atom stereocenters. The summed E-state index contributed by atoms with van der Waals surface area (Å²) in [7, 11) is 1.58. The number of rotatable bonds is 7. The van der Waals surface area contributed by atoms with Crippen LogP contribution in [0.1, 0.15) is 18.9 Å². The van der Waals surface area contributed by atoms with Crippen LogP contribution >= 0.6 is 0 Å². The third-order valence-electron chi connectivity index (χ3n) is 3.84. The third-order valence-corrected chi connectivity index (χ3v) is 3.84. The van der Waals surface area contributed by atoms with E-state index in [2.05, 4.69) is 10.5 Å². The van der Waals surface area contributed by atoms with E-state index < -0.39 is 6.10 Å². The molecule has 0 aromatic heterocycles. The van der Waals surface area contributed by atoms with Crippen LogP contribution in [0.3, 0.4) is 0 Å². The number of hydrogen-bond acceptors (Lipinski definition) is 6. The van der Waals surface area contributed by atoms with Crippen LogP contribution in [0, 0.1) is 0 Å². The molecular weight excluding hydrogens is 348 g/mol. The van der Waals surface area contributed by atoms with Crippen LogP contribution in [0.25, 0.3) is 0 Å². The zero-order chi connectivity index (χ0) is 19.1. The molecule has 0 bridgehead atoms. The average Bonchev–Trinajstić information content (AvgIpc) is 2.72. The molecule has 1 aliphatic rings. The van der Waals surface area contributed by atoms with E-state index in [1.807, 2.05) is 31.2 Å². The van der Waals surface area contributed by atoms with Crippen molar-refractivity contribution in [2.45, 2.75) is 19.4 Å². The molecule has 27 heavy (non-hydrogen) atoms. The molecule has 0 saturated carbocycles. The van der Waals surface area contributed by atoms with Crippen LogP contribution < -0.4 is 24.4 Å². The van der Waals surface area contributed by atoms with Gasteiger partial charge in [0.2, 0.25) is 6.10 Å². The van der Waals surface area contributed by atoms with Crippen LogP contribution in [0.15, 0.2) is 47.6 Å². The quantitative estimate of drug-likeness (QED) is 0.599. The number of methoxy groups -OCH3 is 1. The standard InChI is InChI=1S/C20H22N2O5/c1-3-10-25-16-9-8-14(11-18(16)24-2)12-21-22-20(23)19-13-26-15-6-4-5-7-17(15)27-19/h4-9,11-12,19H,3,10,13H2,1-2H3,(H,22,23)/b21-12-/t19-/m1/s1. The molecule has 7 heteroatoms. The summed E-state index contributed by atoms with van der Waals surface area (Å²) in [6.07, 6.45) is 1.69. The lowest BCUT2D eigenvalue weighted by Crippen LogP contribution is -2.42. The molecule has 0 saturated heterocycles. The van der Waals surface area contributed by atoms with Crippen molar-refractivity contribution >= 4 is 12.1 Å². The van der Waals surface area contributed by atoms with Crippen molar-refractivity contribution in [1.29, 1.82) is 0 Å². The lowest BCUT2D eigenvalue weighted by atomic mass is 10.2. The number of amides is 1. The maximum Gasteiger partial charge on any atom is 0.284 e.